The molecule has 1 aliphatic heterocycles. The number of hydrogen-bond donors (Lipinski definition) is 1. The van der Waals surface area contributed by atoms with Crippen LogP contribution < -0.4 is 5.32 Å². The molecule has 106 valence electrons. The van der Waals surface area contributed by atoms with Gasteiger partial charge in [-0.2, -0.15) is 0 Å². The molecule has 0 radical (unpaired) electrons. The Kier molecular flexibility index (Phi) is 5.93. The predicted octanol–water partition coefficient (Wildman–Crippen LogP) is 2.41. The third-order valence-electron chi connectivity index (χ3n) is 4.52. The molecule has 0 aromatic rings. The fraction of sp³-hybridized carbons (Fsp3) is 1.00. The van der Waals surface area contributed by atoms with Crippen molar-refractivity contribution in [2.75, 3.05) is 26.2 Å². The van der Waals surface area contributed by atoms with E-state index in [1.165, 1.54) is 51.6 Å². The molecular formula is C15H30N2O. The second-order valence-corrected chi connectivity index (χ2v) is 5.78. The van der Waals surface area contributed by atoms with Crippen LogP contribution in [0.15, 0.2) is 0 Å². The Balaban J connectivity index is 1.75. The van der Waals surface area contributed by atoms with Crippen LogP contribution in [0.25, 0.3) is 0 Å². The molecule has 1 N–H and O–H groups in total. The highest BCUT2D eigenvalue weighted by Crippen LogP contribution is 2.26. The van der Waals surface area contributed by atoms with E-state index in [9.17, 15) is 0 Å². The van der Waals surface area contributed by atoms with Crippen molar-refractivity contribution in [3.05, 3.63) is 0 Å². The first kappa shape index (κ1) is 14.3. The normalized spacial score (nSPS) is 34.7. The average Bonchev–Trinajstić information content (AvgIpc) is 2.41. The van der Waals surface area contributed by atoms with E-state index in [2.05, 4.69) is 24.1 Å². The van der Waals surface area contributed by atoms with Gasteiger partial charge in [-0.1, -0.05) is 6.92 Å². The molecule has 1 saturated carbocycles. The van der Waals surface area contributed by atoms with E-state index < -0.39 is 0 Å². The van der Waals surface area contributed by atoms with Crippen LogP contribution in [0.3, 0.4) is 0 Å². The highest BCUT2D eigenvalue weighted by Gasteiger charge is 2.29. The molecule has 0 amide bonds. The lowest BCUT2D eigenvalue weighted by Crippen LogP contribution is -2.48. The van der Waals surface area contributed by atoms with Crippen LogP contribution in [0.4, 0.5) is 0 Å². The number of rotatable bonds is 5. The van der Waals surface area contributed by atoms with Gasteiger partial charge < -0.3 is 10.1 Å². The molecule has 0 bridgehead atoms. The maximum atomic E-state index is 5.81. The summed E-state index contributed by atoms with van der Waals surface area (Å²) in [7, 11) is 0. The van der Waals surface area contributed by atoms with Crippen molar-refractivity contribution < 1.29 is 4.74 Å². The van der Waals surface area contributed by atoms with Crippen molar-refractivity contribution in [2.45, 2.75) is 70.6 Å². The van der Waals surface area contributed by atoms with Gasteiger partial charge >= 0.3 is 0 Å². The lowest BCUT2D eigenvalue weighted by molar-refractivity contribution is -0.0135. The summed E-state index contributed by atoms with van der Waals surface area (Å²) in [5.41, 5.74) is 0. The Morgan fingerprint density at radius 2 is 1.89 bits per heavy atom. The van der Waals surface area contributed by atoms with Gasteiger partial charge in [-0.15, -0.1) is 0 Å². The van der Waals surface area contributed by atoms with Gasteiger partial charge in [0, 0.05) is 25.2 Å². The van der Waals surface area contributed by atoms with Crippen molar-refractivity contribution >= 4 is 0 Å². The summed E-state index contributed by atoms with van der Waals surface area (Å²) in [6.45, 7) is 8.77. The minimum absolute atomic E-state index is 0.496. The molecule has 1 atom stereocenters. The molecule has 1 aliphatic carbocycles. The van der Waals surface area contributed by atoms with E-state index in [4.69, 9.17) is 4.74 Å². The van der Waals surface area contributed by atoms with Gasteiger partial charge in [0.15, 0.2) is 0 Å². The molecule has 3 heteroatoms. The molecule has 1 heterocycles. The van der Waals surface area contributed by atoms with Crippen molar-refractivity contribution in [2.24, 2.45) is 0 Å². The molecule has 0 aromatic heterocycles. The fourth-order valence-corrected chi connectivity index (χ4v) is 3.60. The van der Waals surface area contributed by atoms with E-state index in [0.717, 1.165) is 25.2 Å². The predicted molar refractivity (Wildman–Crippen MR) is 75.9 cm³/mol. The lowest BCUT2D eigenvalue weighted by Gasteiger charge is -2.41. The fourth-order valence-electron chi connectivity index (χ4n) is 3.60. The quantitative estimate of drug-likeness (QED) is 0.815. The summed E-state index contributed by atoms with van der Waals surface area (Å²) in [6.07, 6.45) is 8.53. The van der Waals surface area contributed by atoms with Gasteiger partial charge in [0.05, 0.1) is 6.10 Å². The summed E-state index contributed by atoms with van der Waals surface area (Å²) >= 11 is 0. The molecular weight excluding hydrogens is 224 g/mol. The summed E-state index contributed by atoms with van der Waals surface area (Å²) in [5.74, 6) is 0. The number of nitrogens with one attached hydrogen (secondary N) is 1. The summed E-state index contributed by atoms with van der Waals surface area (Å²) in [4.78, 5) is 2.70. The number of hydrogen-bond acceptors (Lipinski definition) is 3. The van der Waals surface area contributed by atoms with Crippen molar-refractivity contribution in [1.82, 2.24) is 10.2 Å². The monoisotopic (exact) mass is 254 g/mol. The van der Waals surface area contributed by atoms with Gasteiger partial charge in [-0.3, -0.25) is 4.90 Å². The minimum Gasteiger partial charge on any atom is -0.377 e. The largest absolute Gasteiger partial charge is 0.377 e. The van der Waals surface area contributed by atoms with E-state index in [1.54, 1.807) is 0 Å². The topological polar surface area (TPSA) is 24.5 Å². The van der Waals surface area contributed by atoms with Gasteiger partial charge in [-0.05, 0) is 58.5 Å². The number of piperidine rings is 1. The molecule has 0 spiro atoms. The summed E-state index contributed by atoms with van der Waals surface area (Å²) < 4.78 is 5.81. The highest BCUT2D eigenvalue weighted by atomic mass is 16.5. The molecule has 3 nitrogen and oxygen atoms in total. The SMILES string of the molecule is CCNC1CCC(N2CCCC(OCC)C2)CC1. The first-order valence-electron chi connectivity index (χ1n) is 7.92. The Bertz CT molecular complexity index is 225. The molecule has 2 fully saturated rings. The van der Waals surface area contributed by atoms with Crippen molar-refractivity contribution in [1.29, 1.82) is 0 Å². The Hall–Kier alpha value is -0.120. The molecule has 2 aliphatic rings. The van der Waals surface area contributed by atoms with Crippen LogP contribution >= 0.6 is 0 Å². The maximum absolute atomic E-state index is 5.81. The zero-order chi connectivity index (χ0) is 12.8. The smallest absolute Gasteiger partial charge is 0.0702 e. The van der Waals surface area contributed by atoms with Crippen molar-refractivity contribution in [3.8, 4) is 0 Å². The number of likely N-dealkylation sites (tertiary alicyclic amines) is 1. The molecule has 1 saturated heterocycles. The van der Waals surface area contributed by atoms with Crippen LogP contribution in [-0.4, -0.2) is 49.3 Å². The van der Waals surface area contributed by atoms with Gasteiger partial charge in [0.25, 0.3) is 0 Å². The highest BCUT2D eigenvalue weighted by molar-refractivity contribution is 4.85. The minimum atomic E-state index is 0.496. The molecule has 1 unspecified atom stereocenters. The second-order valence-electron chi connectivity index (χ2n) is 5.78. The standard InChI is InChI=1S/C15H30N2O/c1-3-16-13-7-9-14(10-8-13)17-11-5-6-15(12-17)18-4-2/h13-16H,3-12H2,1-2H3. The van der Waals surface area contributed by atoms with E-state index in [0.29, 0.717) is 6.10 Å². The molecule has 18 heavy (non-hydrogen) atoms. The number of ether oxygens (including phenoxy) is 1. The van der Waals surface area contributed by atoms with E-state index in [-0.39, 0.29) is 0 Å². The zero-order valence-electron chi connectivity index (χ0n) is 12.2. The Morgan fingerprint density at radius 1 is 1.11 bits per heavy atom. The zero-order valence-corrected chi connectivity index (χ0v) is 12.2. The Labute approximate surface area is 112 Å². The summed E-state index contributed by atoms with van der Waals surface area (Å²) in [5, 5.41) is 3.59. The third-order valence-corrected chi connectivity index (χ3v) is 4.52. The van der Waals surface area contributed by atoms with Crippen LogP contribution in [0.5, 0.6) is 0 Å². The van der Waals surface area contributed by atoms with Crippen molar-refractivity contribution in [3.63, 3.8) is 0 Å². The molecule has 0 aromatic carbocycles. The average molecular weight is 254 g/mol. The maximum Gasteiger partial charge on any atom is 0.0702 e. The summed E-state index contributed by atoms with van der Waals surface area (Å²) in [6, 6.07) is 1.60. The van der Waals surface area contributed by atoms with Gasteiger partial charge in [0.1, 0.15) is 0 Å². The molecule has 2 rings (SSSR count). The van der Waals surface area contributed by atoms with Crippen LogP contribution in [0, 0.1) is 0 Å². The Morgan fingerprint density at radius 3 is 2.56 bits per heavy atom. The number of nitrogens with zero attached hydrogens (tertiary/aromatic N) is 1. The van der Waals surface area contributed by atoms with Gasteiger partial charge in [-0.25, -0.2) is 0 Å². The van der Waals surface area contributed by atoms with Crippen LogP contribution in [-0.2, 0) is 4.74 Å². The second kappa shape index (κ2) is 7.46. The van der Waals surface area contributed by atoms with E-state index >= 15 is 0 Å². The first-order chi connectivity index (χ1) is 8.83. The lowest BCUT2D eigenvalue weighted by atomic mass is 9.89. The van der Waals surface area contributed by atoms with Crippen LogP contribution in [0.2, 0.25) is 0 Å². The van der Waals surface area contributed by atoms with Crippen LogP contribution in [0.1, 0.15) is 52.4 Å². The third kappa shape index (κ3) is 3.94. The van der Waals surface area contributed by atoms with E-state index in [1.807, 2.05) is 0 Å². The van der Waals surface area contributed by atoms with Gasteiger partial charge in [0.2, 0.25) is 0 Å². The first-order valence-corrected chi connectivity index (χ1v) is 7.92.